The number of carbonyl (C=O) groups is 2. The molecule has 6 nitrogen and oxygen atoms in total. The molecule has 8 heteroatoms. The van der Waals surface area contributed by atoms with Crippen LogP contribution in [0.25, 0.3) is 0 Å². The molecule has 1 amide bonds. The van der Waals surface area contributed by atoms with E-state index in [1.165, 1.54) is 0 Å². The Balaban J connectivity index is 2.14. The number of benzene rings is 2. The van der Waals surface area contributed by atoms with Gasteiger partial charge in [-0.2, -0.15) is 12.6 Å². The van der Waals surface area contributed by atoms with E-state index in [1.807, 2.05) is 26.0 Å². The Morgan fingerprint density at radius 3 is 2.55 bits per heavy atom. The van der Waals surface area contributed by atoms with E-state index < -0.39 is 18.2 Å². The quantitative estimate of drug-likeness (QED) is 0.252. The minimum atomic E-state index is -0.718. The number of carbonyl (C=O) groups excluding carboxylic acids is 2. The SMILES string of the molecule is Cc1ccc(NC(=O)O[C@@H](c2cc(I)ccc2O)[C@@H](C)CCOC(=O)CS)cc1. The molecule has 0 bridgehead atoms. The van der Waals surface area contributed by atoms with E-state index in [4.69, 9.17) is 9.47 Å². The predicted octanol–water partition coefficient (Wildman–Crippen LogP) is 5.09. The van der Waals surface area contributed by atoms with Gasteiger partial charge in [0.15, 0.2) is 0 Å². The molecule has 0 unspecified atom stereocenters. The molecule has 156 valence electrons. The maximum atomic E-state index is 12.5. The number of nitrogens with one attached hydrogen (secondary N) is 1. The highest BCUT2D eigenvalue weighted by Gasteiger charge is 2.27. The van der Waals surface area contributed by atoms with Crippen LogP contribution < -0.4 is 5.32 Å². The number of esters is 1. The van der Waals surface area contributed by atoms with Crippen LogP contribution >= 0.6 is 35.2 Å². The van der Waals surface area contributed by atoms with Crippen LogP contribution in [0.3, 0.4) is 0 Å². The number of ether oxygens (including phenoxy) is 2. The van der Waals surface area contributed by atoms with E-state index in [0.29, 0.717) is 17.7 Å². The maximum Gasteiger partial charge on any atom is 0.412 e. The molecular weight excluding hydrogens is 505 g/mol. The first kappa shape index (κ1) is 23.3. The summed E-state index contributed by atoms with van der Waals surface area (Å²) in [5.74, 6) is -0.578. The van der Waals surface area contributed by atoms with Crippen LogP contribution in [0.15, 0.2) is 42.5 Å². The largest absolute Gasteiger partial charge is 0.508 e. The molecule has 2 aromatic rings. The van der Waals surface area contributed by atoms with Gasteiger partial charge in [0.25, 0.3) is 0 Å². The van der Waals surface area contributed by atoms with Crippen molar-refractivity contribution in [3.05, 3.63) is 57.2 Å². The van der Waals surface area contributed by atoms with E-state index in [1.54, 1.807) is 30.3 Å². The van der Waals surface area contributed by atoms with Crippen LogP contribution in [-0.2, 0) is 14.3 Å². The number of phenolic OH excluding ortho intramolecular Hbond substituents is 1. The zero-order chi connectivity index (χ0) is 21.4. The van der Waals surface area contributed by atoms with Crippen LogP contribution in [0.1, 0.15) is 30.6 Å². The number of anilines is 1. The van der Waals surface area contributed by atoms with Crippen molar-refractivity contribution in [3.63, 3.8) is 0 Å². The van der Waals surface area contributed by atoms with Gasteiger partial charge in [-0.15, -0.1) is 0 Å². The van der Waals surface area contributed by atoms with Crippen LogP contribution in [0.4, 0.5) is 10.5 Å². The minimum Gasteiger partial charge on any atom is -0.508 e. The summed E-state index contributed by atoms with van der Waals surface area (Å²) < 4.78 is 11.7. The molecule has 0 fully saturated rings. The summed E-state index contributed by atoms with van der Waals surface area (Å²) in [6.45, 7) is 4.00. The molecule has 0 spiro atoms. The lowest BCUT2D eigenvalue weighted by Crippen LogP contribution is -2.23. The third-order valence-electron chi connectivity index (χ3n) is 4.31. The summed E-state index contributed by atoms with van der Waals surface area (Å²) in [5.41, 5.74) is 2.19. The first-order valence-electron chi connectivity index (χ1n) is 9.09. The van der Waals surface area contributed by atoms with Crippen molar-refractivity contribution in [1.82, 2.24) is 0 Å². The number of thiol groups is 1. The molecule has 0 aromatic heterocycles. The summed E-state index contributed by atoms with van der Waals surface area (Å²) in [5, 5.41) is 13.0. The molecule has 2 rings (SSSR count). The van der Waals surface area contributed by atoms with Gasteiger partial charge in [0.2, 0.25) is 0 Å². The molecule has 2 N–H and O–H groups in total. The Hall–Kier alpha value is -1.94. The number of rotatable bonds is 8. The fourth-order valence-electron chi connectivity index (χ4n) is 2.69. The third kappa shape index (κ3) is 7.43. The highest BCUT2D eigenvalue weighted by Crippen LogP contribution is 2.35. The average molecular weight is 529 g/mol. The zero-order valence-corrected chi connectivity index (χ0v) is 19.3. The van der Waals surface area contributed by atoms with Gasteiger partial charge >= 0.3 is 12.1 Å². The highest BCUT2D eigenvalue weighted by atomic mass is 127. The minimum absolute atomic E-state index is 0.00489. The summed E-state index contributed by atoms with van der Waals surface area (Å²) in [6, 6.07) is 12.5. The van der Waals surface area contributed by atoms with Gasteiger partial charge < -0.3 is 14.6 Å². The standard InChI is InChI=1S/C21H24INO5S/c1-13-3-6-16(7-4-13)23-21(26)28-20(14(2)9-10-27-19(25)12-29)17-11-15(22)5-8-18(17)24/h3-8,11,14,20,24,29H,9-10,12H2,1-2H3,(H,23,26)/t14-,20+/m0/s1. The maximum absolute atomic E-state index is 12.5. The summed E-state index contributed by atoms with van der Waals surface area (Å²) >= 11 is 6.01. The molecule has 0 saturated carbocycles. The second-order valence-electron chi connectivity index (χ2n) is 6.66. The number of hydrogen-bond donors (Lipinski definition) is 3. The first-order valence-corrected chi connectivity index (χ1v) is 10.8. The molecule has 0 aliphatic carbocycles. The van der Waals surface area contributed by atoms with Crippen molar-refractivity contribution in [3.8, 4) is 5.75 Å². The number of phenols is 1. The fraction of sp³-hybridized carbons (Fsp3) is 0.333. The highest BCUT2D eigenvalue weighted by molar-refractivity contribution is 14.1. The average Bonchev–Trinajstić information content (AvgIpc) is 2.69. The van der Waals surface area contributed by atoms with Crippen molar-refractivity contribution in [2.45, 2.75) is 26.4 Å². The van der Waals surface area contributed by atoms with Gasteiger partial charge in [-0.3, -0.25) is 10.1 Å². The molecule has 0 saturated heterocycles. The number of halogens is 1. The lowest BCUT2D eigenvalue weighted by atomic mass is 9.94. The third-order valence-corrected chi connectivity index (χ3v) is 5.24. The Morgan fingerprint density at radius 2 is 1.90 bits per heavy atom. The Bertz CT molecular complexity index is 843. The Labute approximate surface area is 189 Å². The molecule has 2 atom stereocenters. The predicted molar refractivity (Wildman–Crippen MR) is 123 cm³/mol. The first-order chi connectivity index (χ1) is 13.8. The van der Waals surface area contributed by atoms with Crippen LogP contribution in [0.5, 0.6) is 5.75 Å². The van der Waals surface area contributed by atoms with Gasteiger partial charge in [-0.1, -0.05) is 24.6 Å². The van der Waals surface area contributed by atoms with Crippen LogP contribution in [0.2, 0.25) is 0 Å². The molecule has 0 heterocycles. The normalized spacial score (nSPS) is 12.7. The van der Waals surface area contributed by atoms with Gasteiger partial charge in [-0.05, 0) is 66.3 Å². The smallest absolute Gasteiger partial charge is 0.412 e. The van der Waals surface area contributed by atoms with Gasteiger partial charge in [0, 0.05) is 20.7 Å². The van der Waals surface area contributed by atoms with Gasteiger partial charge in [0.1, 0.15) is 11.9 Å². The Morgan fingerprint density at radius 1 is 1.21 bits per heavy atom. The Kier molecular flexibility index (Phi) is 9.09. The van der Waals surface area contributed by atoms with E-state index >= 15 is 0 Å². The lowest BCUT2D eigenvalue weighted by Gasteiger charge is -2.25. The van der Waals surface area contributed by atoms with Crippen molar-refractivity contribution < 1.29 is 24.2 Å². The van der Waals surface area contributed by atoms with E-state index in [9.17, 15) is 14.7 Å². The van der Waals surface area contributed by atoms with Gasteiger partial charge in [-0.25, -0.2) is 4.79 Å². The van der Waals surface area contributed by atoms with E-state index in [0.717, 1.165) is 9.13 Å². The number of amides is 1. The van der Waals surface area contributed by atoms with Crippen LogP contribution in [-0.4, -0.2) is 29.5 Å². The molecule has 29 heavy (non-hydrogen) atoms. The molecule has 0 aliphatic rings. The topological polar surface area (TPSA) is 84.9 Å². The fourth-order valence-corrected chi connectivity index (χ4v) is 3.30. The van der Waals surface area contributed by atoms with Gasteiger partial charge in [0.05, 0.1) is 12.4 Å². The molecule has 0 aliphatic heterocycles. The molecular formula is C21H24INO5S. The van der Waals surface area contributed by atoms with Crippen molar-refractivity contribution >= 4 is 53.0 Å². The van der Waals surface area contributed by atoms with Crippen molar-refractivity contribution in [1.29, 1.82) is 0 Å². The molecule has 2 aromatic carbocycles. The summed E-state index contributed by atoms with van der Waals surface area (Å²) in [7, 11) is 0. The van der Waals surface area contributed by atoms with Crippen molar-refractivity contribution in [2.24, 2.45) is 5.92 Å². The second-order valence-corrected chi connectivity index (χ2v) is 8.23. The number of aryl methyl sites for hydroxylation is 1. The summed E-state index contributed by atoms with van der Waals surface area (Å²) in [6.07, 6.45) is -0.895. The van der Waals surface area contributed by atoms with Crippen LogP contribution in [0, 0.1) is 16.4 Å². The molecule has 0 radical (unpaired) electrons. The number of aromatic hydroxyl groups is 1. The monoisotopic (exact) mass is 529 g/mol. The van der Waals surface area contributed by atoms with E-state index in [-0.39, 0.29) is 24.0 Å². The van der Waals surface area contributed by atoms with Crippen molar-refractivity contribution in [2.75, 3.05) is 17.7 Å². The number of hydrogen-bond acceptors (Lipinski definition) is 6. The zero-order valence-electron chi connectivity index (χ0n) is 16.2. The lowest BCUT2D eigenvalue weighted by molar-refractivity contribution is -0.141. The van der Waals surface area contributed by atoms with E-state index in [2.05, 4.69) is 40.5 Å². The summed E-state index contributed by atoms with van der Waals surface area (Å²) in [4.78, 5) is 23.8. The second kappa shape index (κ2) is 11.3.